The molecular formula is C24H33N5O4. The van der Waals surface area contributed by atoms with Crippen molar-refractivity contribution in [2.75, 3.05) is 39.3 Å². The van der Waals surface area contributed by atoms with Gasteiger partial charge in [0.05, 0.1) is 6.54 Å². The van der Waals surface area contributed by atoms with E-state index in [2.05, 4.69) is 15.5 Å². The van der Waals surface area contributed by atoms with E-state index < -0.39 is 5.54 Å². The zero-order valence-electron chi connectivity index (χ0n) is 19.1. The van der Waals surface area contributed by atoms with Crippen LogP contribution in [0, 0.1) is 0 Å². The summed E-state index contributed by atoms with van der Waals surface area (Å²) in [6.07, 6.45) is 4.11. The predicted octanol–water partition coefficient (Wildman–Crippen LogP) is 1.09. The summed E-state index contributed by atoms with van der Waals surface area (Å²) < 4.78 is 0. The highest BCUT2D eigenvalue weighted by atomic mass is 16.2. The molecule has 178 valence electrons. The Bertz CT molecular complexity index is 876. The fourth-order valence-corrected chi connectivity index (χ4v) is 4.95. The first kappa shape index (κ1) is 23.2. The smallest absolute Gasteiger partial charge is 0.325 e. The summed E-state index contributed by atoms with van der Waals surface area (Å²) in [6.45, 7) is 3.58. The minimum atomic E-state index is -0.690. The Kier molecular flexibility index (Phi) is 7.27. The molecule has 1 spiro atoms. The van der Waals surface area contributed by atoms with Gasteiger partial charge in [-0.1, -0.05) is 43.2 Å². The van der Waals surface area contributed by atoms with Crippen LogP contribution in [0.5, 0.6) is 0 Å². The molecule has 9 nitrogen and oxygen atoms in total. The van der Waals surface area contributed by atoms with Crippen LogP contribution >= 0.6 is 0 Å². The van der Waals surface area contributed by atoms with Gasteiger partial charge in [-0.25, -0.2) is 4.79 Å². The number of urea groups is 1. The van der Waals surface area contributed by atoms with Crippen molar-refractivity contribution in [1.29, 1.82) is 0 Å². The van der Waals surface area contributed by atoms with Gasteiger partial charge in [0.1, 0.15) is 5.54 Å². The highest BCUT2D eigenvalue weighted by molar-refractivity contribution is 6.07. The van der Waals surface area contributed by atoms with Crippen LogP contribution in [-0.2, 0) is 20.9 Å². The maximum absolute atomic E-state index is 12.7. The lowest BCUT2D eigenvalue weighted by atomic mass is 9.98. The van der Waals surface area contributed by atoms with Crippen molar-refractivity contribution in [2.24, 2.45) is 0 Å². The summed E-state index contributed by atoms with van der Waals surface area (Å²) in [5.41, 5.74) is 0.373. The number of carbonyl (C=O) groups excluding carboxylic acids is 4. The zero-order valence-corrected chi connectivity index (χ0v) is 19.1. The molecule has 1 aliphatic carbocycles. The maximum atomic E-state index is 12.7. The molecule has 1 aromatic carbocycles. The molecule has 9 heteroatoms. The fourth-order valence-electron chi connectivity index (χ4n) is 4.95. The number of hydrogen-bond acceptors (Lipinski definition) is 5. The molecule has 4 rings (SSSR count). The number of nitrogens with zero attached hydrogens (tertiary/aromatic N) is 3. The van der Waals surface area contributed by atoms with Crippen molar-refractivity contribution in [1.82, 2.24) is 25.3 Å². The van der Waals surface area contributed by atoms with E-state index in [1.165, 1.54) is 4.90 Å². The van der Waals surface area contributed by atoms with E-state index in [-0.39, 0.29) is 30.3 Å². The van der Waals surface area contributed by atoms with Crippen LogP contribution < -0.4 is 10.6 Å². The largest absolute Gasteiger partial charge is 0.351 e. The van der Waals surface area contributed by atoms with Gasteiger partial charge in [0.25, 0.3) is 5.91 Å². The highest BCUT2D eigenvalue weighted by Crippen LogP contribution is 2.35. The zero-order chi connectivity index (χ0) is 23.3. The Morgan fingerprint density at radius 2 is 1.70 bits per heavy atom. The number of imide groups is 1. The molecule has 0 aromatic heterocycles. The average Bonchev–Trinajstić information content (AvgIpc) is 3.39. The first-order valence-corrected chi connectivity index (χ1v) is 11.9. The van der Waals surface area contributed by atoms with Crippen molar-refractivity contribution in [3.05, 3.63) is 35.9 Å². The Morgan fingerprint density at radius 3 is 2.39 bits per heavy atom. The molecule has 0 radical (unpaired) electrons. The first-order chi connectivity index (χ1) is 16.0. The lowest BCUT2D eigenvalue weighted by Gasteiger charge is -2.34. The van der Waals surface area contributed by atoms with E-state index in [1.54, 1.807) is 0 Å². The van der Waals surface area contributed by atoms with Crippen LogP contribution in [0.3, 0.4) is 0 Å². The number of amides is 5. The van der Waals surface area contributed by atoms with E-state index in [9.17, 15) is 19.2 Å². The second-order valence-corrected chi connectivity index (χ2v) is 9.20. The van der Waals surface area contributed by atoms with Crippen LogP contribution in [0.15, 0.2) is 30.3 Å². The molecule has 2 saturated heterocycles. The van der Waals surface area contributed by atoms with Gasteiger partial charge in [-0.3, -0.25) is 24.2 Å². The average molecular weight is 456 g/mol. The monoisotopic (exact) mass is 455 g/mol. The standard InChI is InChI=1S/C24H33N5O4/c30-20(25-17-19-7-2-1-3-8-19)18-27-13-15-28(16-14-27)21(31)9-6-12-29-22(32)24(26-23(29)33)10-4-5-11-24/h1-3,7-8H,4-6,9-18H2,(H,25,30)(H,26,33). The minimum Gasteiger partial charge on any atom is -0.351 e. The number of hydrogen-bond donors (Lipinski definition) is 2. The van der Waals surface area contributed by atoms with Crippen molar-refractivity contribution in [2.45, 2.75) is 50.6 Å². The molecule has 33 heavy (non-hydrogen) atoms. The Hall–Kier alpha value is -2.94. The maximum Gasteiger partial charge on any atom is 0.325 e. The molecule has 3 aliphatic rings. The van der Waals surface area contributed by atoms with Gasteiger partial charge in [0, 0.05) is 45.7 Å². The number of carbonyl (C=O) groups is 4. The number of benzene rings is 1. The van der Waals surface area contributed by atoms with Gasteiger partial charge < -0.3 is 15.5 Å². The molecule has 3 fully saturated rings. The van der Waals surface area contributed by atoms with E-state index in [1.807, 2.05) is 35.2 Å². The number of nitrogens with one attached hydrogen (secondary N) is 2. The first-order valence-electron chi connectivity index (χ1n) is 11.9. The van der Waals surface area contributed by atoms with E-state index >= 15 is 0 Å². The third kappa shape index (κ3) is 5.52. The van der Waals surface area contributed by atoms with E-state index in [0.29, 0.717) is 65.0 Å². The van der Waals surface area contributed by atoms with Gasteiger partial charge in [0.2, 0.25) is 11.8 Å². The molecule has 0 atom stereocenters. The summed E-state index contributed by atoms with van der Waals surface area (Å²) in [7, 11) is 0. The van der Waals surface area contributed by atoms with Crippen molar-refractivity contribution in [3.63, 3.8) is 0 Å². The van der Waals surface area contributed by atoms with Crippen molar-refractivity contribution >= 4 is 23.8 Å². The Morgan fingerprint density at radius 1 is 1.00 bits per heavy atom. The summed E-state index contributed by atoms with van der Waals surface area (Å²) in [4.78, 5) is 54.9. The van der Waals surface area contributed by atoms with Gasteiger partial charge in [0.15, 0.2) is 0 Å². The molecule has 5 amide bonds. The molecule has 0 bridgehead atoms. The van der Waals surface area contributed by atoms with Crippen molar-refractivity contribution in [3.8, 4) is 0 Å². The second kappa shape index (κ2) is 10.3. The number of rotatable bonds is 8. The lowest BCUT2D eigenvalue weighted by molar-refractivity contribution is -0.135. The van der Waals surface area contributed by atoms with Crippen LogP contribution in [0.2, 0.25) is 0 Å². The van der Waals surface area contributed by atoms with Crippen LogP contribution in [0.4, 0.5) is 4.79 Å². The predicted molar refractivity (Wildman–Crippen MR) is 122 cm³/mol. The topological polar surface area (TPSA) is 102 Å². The summed E-state index contributed by atoms with van der Waals surface area (Å²) in [5.74, 6) is -0.116. The van der Waals surface area contributed by atoms with Gasteiger partial charge in [-0.15, -0.1) is 0 Å². The van der Waals surface area contributed by atoms with Gasteiger partial charge in [-0.05, 0) is 24.8 Å². The quantitative estimate of drug-likeness (QED) is 0.572. The van der Waals surface area contributed by atoms with Gasteiger partial charge >= 0.3 is 6.03 Å². The highest BCUT2D eigenvalue weighted by Gasteiger charge is 2.52. The lowest BCUT2D eigenvalue weighted by Crippen LogP contribution is -2.51. The summed E-state index contributed by atoms with van der Waals surface area (Å²) >= 11 is 0. The summed E-state index contributed by atoms with van der Waals surface area (Å²) in [5, 5.41) is 5.81. The minimum absolute atomic E-state index is 0.0211. The van der Waals surface area contributed by atoms with E-state index in [4.69, 9.17) is 0 Å². The molecular weight excluding hydrogens is 422 g/mol. The second-order valence-electron chi connectivity index (χ2n) is 9.20. The SMILES string of the molecule is O=C(CN1CCN(C(=O)CCCN2C(=O)NC3(CCCC3)C2=O)CC1)NCc1ccccc1. The fraction of sp³-hybridized carbons (Fsp3) is 0.583. The van der Waals surface area contributed by atoms with Gasteiger partial charge in [-0.2, -0.15) is 0 Å². The Balaban J connectivity index is 1.13. The molecule has 1 aromatic rings. The Labute approximate surface area is 194 Å². The number of piperazine rings is 1. The molecule has 2 aliphatic heterocycles. The molecule has 2 N–H and O–H groups in total. The molecule has 2 heterocycles. The molecule has 1 saturated carbocycles. The normalized spacial score (nSPS) is 20.4. The summed E-state index contributed by atoms with van der Waals surface area (Å²) in [6, 6.07) is 9.46. The van der Waals surface area contributed by atoms with Crippen LogP contribution in [-0.4, -0.2) is 83.3 Å². The third-order valence-electron chi connectivity index (χ3n) is 6.90. The third-order valence-corrected chi connectivity index (χ3v) is 6.90. The van der Waals surface area contributed by atoms with Crippen molar-refractivity contribution < 1.29 is 19.2 Å². The van der Waals surface area contributed by atoms with E-state index in [0.717, 1.165) is 18.4 Å². The van der Waals surface area contributed by atoms with Crippen LogP contribution in [0.25, 0.3) is 0 Å². The molecule has 0 unspecified atom stereocenters. The van der Waals surface area contributed by atoms with Crippen LogP contribution in [0.1, 0.15) is 44.1 Å².